The number of para-hydroxylation sites is 1. The predicted molar refractivity (Wildman–Crippen MR) is 63.3 cm³/mol. The summed E-state index contributed by atoms with van der Waals surface area (Å²) in [5, 5.41) is 0. The fourth-order valence-electron chi connectivity index (χ4n) is 1.93. The van der Waals surface area contributed by atoms with Crippen LogP contribution in [0.1, 0.15) is 16.8 Å². The van der Waals surface area contributed by atoms with Gasteiger partial charge in [0, 0.05) is 12.6 Å². The number of fused-ring (bicyclic) bond motifs is 1. The third kappa shape index (κ3) is 2.04. The first-order valence-electron chi connectivity index (χ1n) is 5.36. The first-order valence-corrected chi connectivity index (χ1v) is 5.36. The van der Waals surface area contributed by atoms with Crippen molar-refractivity contribution in [3.63, 3.8) is 0 Å². The molecule has 2 amide bonds. The number of carbonyl (C=O) groups excluding carboxylic acids is 3. The van der Waals surface area contributed by atoms with Crippen molar-refractivity contribution < 1.29 is 19.1 Å². The standard InChI is InChI=1S/C12H12N2O4/c1-14-8-5-3-2-4-7(8)9(15)6-10(11(14)16)18-12(13)17/h2-5,10H,6H2,1H3,(H2,13,17). The molecule has 1 heterocycles. The van der Waals surface area contributed by atoms with Crippen molar-refractivity contribution >= 4 is 23.5 Å². The van der Waals surface area contributed by atoms with E-state index in [-0.39, 0.29) is 12.2 Å². The van der Waals surface area contributed by atoms with Crippen molar-refractivity contribution in [1.82, 2.24) is 0 Å². The highest BCUT2D eigenvalue weighted by molar-refractivity contribution is 6.11. The van der Waals surface area contributed by atoms with Crippen molar-refractivity contribution in [2.45, 2.75) is 12.5 Å². The van der Waals surface area contributed by atoms with Crippen LogP contribution in [0.4, 0.5) is 10.5 Å². The molecule has 1 aliphatic rings. The minimum atomic E-state index is -1.16. The van der Waals surface area contributed by atoms with Gasteiger partial charge in [-0.2, -0.15) is 0 Å². The highest BCUT2D eigenvalue weighted by Gasteiger charge is 2.34. The summed E-state index contributed by atoms with van der Waals surface area (Å²) < 4.78 is 4.68. The largest absolute Gasteiger partial charge is 0.436 e. The second-order valence-corrected chi connectivity index (χ2v) is 3.97. The lowest BCUT2D eigenvalue weighted by atomic mass is 10.1. The topological polar surface area (TPSA) is 89.7 Å². The van der Waals surface area contributed by atoms with Gasteiger partial charge in [-0.15, -0.1) is 0 Å². The van der Waals surface area contributed by atoms with Crippen LogP contribution >= 0.6 is 0 Å². The molecule has 0 aliphatic carbocycles. The second-order valence-electron chi connectivity index (χ2n) is 3.97. The normalized spacial score (nSPS) is 19.2. The number of benzene rings is 1. The molecule has 0 bridgehead atoms. The van der Waals surface area contributed by atoms with Crippen LogP contribution in [0, 0.1) is 0 Å². The molecule has 0 saturated carbocycles. The molecular weight excluding hydrogens is 236 g/mol. The molecule has 1 unspecified atom stereocenters. The number of hydrogen-bond donors (Lipinski definition) is 1. The first-order chi connectivity index (χ1) is 8.50. The van der Waals surface area contributed by atoms with Crippen molar-refractivity contribution in [3.05, 3.63) is 29.8 Å². The summed E-state index contributed by atoms with van der Waals surface area (Å²) in [6, 6.07) is 6.74. The number of nitrogens with zero attached hydrogens (tertiary/aromatic N) is 1. The Kier molecular flexibility index (Phi) is 3.01. The van der Waals surface area contributed by atoms with Crippen molar-refractivity contribution in [2.24, 2.45) is 5.73 Å². The SMILES string of the molecule is CN1C(=O)C(OC(N)=O)CC(=O)c2ccccc21. The van der Waals surface area contributed by atoms with Gasteiger partial charge in [-0.25, -0.2) is 4.79 Å². The molecular formula is C12H12N2O4. The summed E-state index contributed by atoms with van der Waals surface area (Å²) in [4.78, 5) is 36.0. The van der Waals surface area contributed by atoms with E-state index in [1.165, 1.54) is 11.9 Å². The molecule has 6 nitrogen and oxygen atoms in total. The summed E-state index contributed by atoms with van der Waals surface area (Å²) in [6.45, 7) is 0. The Morgan fingerprint density at radius 1 is 1.39 bits per heavy atom. The lowest BCUT2D eigenvalue weighted by Gasteiger charge is -2.20. The maximum Gasteiger partial charge on any atom is 0.405 e. The molecule has 0 aromatic heterocycles. The Bertz CT molecular complexity index is 527. The van der Waals surface area contributed by atoms with E-state index in [1.807, 2.05) is 0 Å². The van der Waals surface area contributed by atoms with E-state index in [4.69, 9.17) is 5.73 Å². The van der Waals surface area contributed by atoms with Crippen molar-refractivity contribution in [2.75, 3.05) is 11.9 Å². The lowest BCUT2D eigenvalue weighted by Crippen LogP contribution is -2.39. The summed E-state index contributed by atoms with van der Waals surface area (Å²) in [5.74, 6) is -0.721. The molecule has 2 N–H and O–H groups in total. The Morgan fingerprint density at radius 2 is 2.06 bits per heavy atom. The zero-order chi connectivity index (χ0) is 13.3. The van der Waals surface area contributed by atoms with Crippen LogP contribution in [-0.4, -0.2) is 30.9 Å². The van der Waals surface area contributed by atoms with E-state index in [9.17, 15) is 14.4 Å². The number of primary amides is 1. The molecule has 0 saturated heterocycles. The molecule has 1 aliphatic heterocycles. The Morgan fingerprint density at radius 3 is 2.72 bits per heavy atom. The Labute approximate surface area is 103 Å². The molecule has 1 aromatic rings. The molecule has 18 heavy (non-hydrogen) atoms. The summed E-state index contributed by atoms with van der Waals surface area (Å²) in [6.07, 6.45) is -2.42. The molecule has 1 atom stereocenters. The first kappa shape index (κ1) is 12.1. The maximum absolute atomic E-state index is 12.0. The lowest BCUT2D eigenvalue weighted by molar-refractivity contribution is -0.126. The van der Waals surface area contributed by atoms with E-state index in [0.717, 1.165) is 0 Å². The van der Waals surface area contributed by atoms with Crippen LogP contribution in [0.3, 0.4) is 0 Å². The highest BCUT2D eigenvalue weighted by Crippen LogP contribution is 2.26. The zero-order valence-electron chi connectivity index (χ0n) is 9.75. The molecule has 0 spiro atoms. The smallest absolute Gasteiger partial charge is 0.405 e. The highest BCUT2D eigenvalue weighted by atomic mass is 16.6. The van der Waals surface area contributed by atoms with Crippen molar-refractivity contribution in [3.8, 4) is 0 Å². The van der Waals surface area contributed by atoms with Gasteiger partial charge in [-0.3, -0.25) is 9.59 Å². The number of likely N-dealkylation sites (N-methyl/N-ethyl adjacent to an activating group) is 1. The number of ketones is 1. The fraction of sp³-hybridized carbons (Fsp3) is 0.250. The molecule has 6 heteroatoms. The number of amides is 2. The van der Waals surface area contributed by atoms with Gasteiger partial charge in [-0.05, 0) is 12.1 Å². The van der Waals surface area contributed by atoms with Gasteiger partial charge in [0.1, 0.15) is 0 Å². The molecule has 0 fully saturated rings. The van der Waals surface area contributed by atoms with Crippen LogP contribution in [0.15, 0.2) is 24.3 Å². The van der Waals surface area contributed by atoms with E-state index < -0.39 is 18.1 Å². The zero-order valence-corrected chi connectivity index (χ0v) is 9.75. The van der Waals surface area contributed by atoms with Gasteiger partial charge in [0.2, 0.25) is 0 Å². The maximum atomic E-state index is 12.0. The number of carbonyl (C=O) groups is 3. The van der Waals surface area contributed by atoms with E-state index in [1.54, 1.807) is 24.3 Å². The number of nitrogens with two attached hydrogens (primary N) is 1. The third-order valence-electron chi connectivity index (χ3n) is 2.80. The fourth-order valence-corrected chi connectivity index (χ4v) is 1.93. The van der Waals surface area contributed by atoms with Crippen LogP contribution < -0.4 is 10.6 Å². The van der Waals surface area contributed by atoms with Gasteiger partial charge in [0.25, 0.3) is 5.91 Å². The minimum absolute atomic E-state index is 0.191. The van der Waals surface area contributed by atoms with Crippen molar-refractivity contribution in [1.29, 1.82) is 0 Å². The van der Waals surface area contributed by atoms with Gasteiger partial charge in [0.15, 0.2) is 11.9 Å². The van der Waals surface area contributed by atoms with Gasteiger partial charge < -0.3 is 15.4 Å². The average Bonchev–Trinajstić information content (AvgIpc) is 2.42. The Hall–Kier alpha value is -2.37. The summed E-state index contributed by atoms with van der Waals surface area (Å²) in [5.41, 5.74) is 5.83. The predicted octanol–water partition coefficient (Wildman–Crippen LogP) is 0.700. The molecule has 0 radical (unpaired) electrons. The number of rotatable bonds is 1. The second kappa shape index (κ2) is 4.48. The third-order valence-corrected chi connectivity index (χ3v) is 2.80. The number of Topliss-reactive ketones (excluding diaryl/α,β-unsaturated/α-hetero) is 1. The van der Waals surface area contributed by atoms with E-state index in [2.05, 4.69) is 4.74 Å². The van der Waals surface area contributed by atoms with Crippen LogP contribution in [-0.2, 0) is 9.53 Å². The molecule has 94 valence electrons. The van der Waals surface area contributed by atoms with Gasteiger partial charge in [0.05, 0.1) is 12.1 Å². The van der Waals surface area contributed by atoms with Gasteiger partial charge in [-0.1, -0.05) is 12.1 Å². The number of anilines is 1. The number of ether oxygens (including phenoxy) is 1. The number of hydrogen-bond acceptors (Lipinski definition) is 4. The molecule has 2 rings (SSSR count). The molecule has 1 aromatic carbocycles. The van der Waals surface area contributed by atoms with E-state index >= 15 is 0 Å². The Balaban J connectivity index is 2.41. The summed E-state index contributed by atoms with van der Waals surface area (Å²) >= 11 is 0. The van der Waals surface area contributed by atoms with E-state index in [0.29, 0.717) is 11.3 Å². The van der Waals surface area contributed by atoms with Crippen LogP contribution in [0.2, 0.25) is 0 Å². The average molecular weight is 248 g/mol. The van der Waals surface area contributed by atoms with Crippen LogP contribution in [0.5, 0.6) is 0 Å². The summed E-state index contributed by atoms with van der Waals surface area (Å²) in [7, 11) is 1.52. The minimum Gasteiger partial charge on any atom is -0.436 e. The quantitative estimate of drug-likeness (QED) is 0.792. The van der Waals surface area contributed by atoms with Crippen LogP contribution in [0.25, 0.3) is 0 Å². The van der Waals surface area contributed by atoms with Gasteiger partial charge >= 0.3 is 6.09 Å². The monoisotopic (exact) mass is 248 g/mol.